The van der Waals surface area contributed by atoms with Gasteiger partial charge in [-0.1, -0.05) is 25.1 Å². The Labute approximate surface area is 124 Å². The van der Waals surface area contributed by atoms with Gasteiger partial charge in [-0.15, -0.1) is 0 Å². The summed E-state index contributed by atoms with van der Waals surface area (Å²) in [6, 6.07) is 10.6. The van der Waals surface area contributed by atoms with Crippen LogP contribution in [0.15, 0.2) is 47.5 Å². The van der Waals surface area contributed by atoms with Gasteiger partial charge in [0.15, 0.2) is 0 Å². The lowest BCUT2D eigenvalue weighted by Gasteiger charge is -2.33. The van der Waals surface area contributed by atoms with Crippen LogP contribution >= 0.6 is 0 Å². The molecule has 21 heavy (non-hydrogen) atoms. The van der Waals surface area contributed by atoms with Gasteiger partial charge in [0.25, 0.3) is 10.0 Å². The Morgan fingerprint density at radius 2 is 2.00 bits per heavy atom. The van der Waals surface area contributed by atoms with Crippen LogP contribution in [0.1, 0.15) is 12.5 Å². The second kappa shape index (κ2) is 5.04. The lowest BCUT2D eigenvalue weighted by atomic mass is 9.96. The smallest absolute Gasteiger partial charge is 0.265 e. The molecule has 6 heteroatoms. The predicted molar refractivity (Wildman–Crippen MR) is 82.5 cm³/mol. The first kappa shape index (κ1) is 13.9. The van der Waals surface area contributed by atoms with Crippen molar-refractivity contribution in [3.05, 3.63) is 48.2 Å². The van der Waals surface area contributed by atoms with Crippen molar-refractivity contribution in [2.75, 3.05) is 16.6 Å². The van der Waals surface area contributed by atoms with Gasteiger partial charge in [-0.05, 0) is 36.1 Å². The number of nitrogen functional groups attached to an aromatic ring is 1. The number of nitrogens with two attached hydrogens (primary N) is 1. The molecule has 0 bridgehead atoms. The molecule has 0 aliphatic carbocycles. The molecular formula is C15H17N3O2S. The first-order chi connectivity index (χ1) is 9.98. The van der Waals surface area contributed by atoms with Crippen molar-refractivity contribution in [1.82, 2.24) is 4.98 Å². The molecule has 2 heterocycles. The molecule has 2 N–H and O–H groups in total. The highest BCUT2D eigenvalue weighted by molar-refractivity contribution is 7.92. The summed E-state index contributed by atoms with van der Waals surface area (Å²) in [4.78, 5) is 4.05. The molecule has 1 atom stereocenters. The Kier molecular flexibility index (Phi) is 3.33. The van der Waals surface area contributed by atoms with Crippen LogP contribution in [0.25, 0.3) is 0 Å². The minimum absolute atomic E-state index is 0.167. The van der Waals surface area contributed by atoms with Crippen LogP contribution in [-0.2, 0) is 16.4 Å². The van der Waals surface area contributed by atoms with E-state index in [9.17, 15) is 8.42 Å². The summed E-state index contributed by atoms with van der Waals surface area (Å²) in [7, 11) is -3.61. The van der Waals surface area contributed by atoms with Crippen LogP contribution in [0.5, 0.6) is 0 Å². The van der Waals surface area contributed by atoms with Crippen LogP contribution < -0.4 is 10.0 Å². The van der Waals surface area contributed by atoms with Gasteiger partial charge in [0.05, 0.1) is 5.69 Å². The first-order valence-electron chi connectivity index (χ1n) is 6.80. The number of nitrogens with zero attached hydrogens (tertiary/aromatic N) is 2. The molecule has 110 valence electrons. The molecule has 1 aromatic heterocycles. The number of sulfonamides is 1. The number of pyridine rings is 1. The molecule has 2 aromatic rings. The fraction of sp³-hybridized carbons (Fsp3) is 0.267. The van der Waals surface area contributed by atoms with Gasteiger partial charge in [-0.3, -0.25) is 4.31 Å². The molecule has 0 fully saturated rings. The maximum Gasteiger partial charge on any atom is 0.265 e. The average molecular weight is 303 g/mol. The number of benzene rings is 1. The van der Waals surface area contributed by atoms with Gasteiger partial charge in [-0.2, -0.15) is 0 Å². The normalized spacial score (nSPS) is 18.3. The van der Waals surface area contributed by atoms with Gasteiger partial charge in [0, 0.05) is 12.7 Å². The SMILES string of the molecule is CC1Cc2ccccc2N(S(=O)(=O)c2ccc(N)nc2)C1. The topological polar surface area (TPSA) is 76.3 Å². The predicted octanol–water partition coefficient (Wildman–Crippen LogP) is 2.05. The molecule has 0 saturated carbocycles. The molecule has 1 aliphatic heterocycles. The molecule has 1 aliphatic rings. The largest absolute Gasteiger partial charge is 0.384 e. The Hall–Kier alpha value is -2.08. The maximum atomic E-state index is 12.9. The summed E-state index contributed by atoms with van der Waals surface area (Å²) < 4.78 is 27.2. The number of fused-ring (bicyclic) bond motifs is 1. The van der Waals surface area contributed by atoms with E-state index in [1.165, 1.54) is 22.6 Å². The Balaban J connectivity index is 2.09. The summed E-state index contributed by atoms with van der Waals surface area (Å²) >= 11 is 0. The maximum absolute atomic E-state index is 12.9. The van der Waals surface area contributed by atoms with E-state index in [2.05, 4.69) is 11.9 Å². The summed E-state index contributed by atoms with van der Waals surface area (Å²) in [5.74, 6) is 0.581. The van der Waals surface area contributed by atoms with E-state index < -0.39 is 10.0 Å². The van der Waals surface area contributed by atoms with Crippen molar-refractivity contribution in [3.63, 3.8) is 0 Å². The second-order valence-electron chi connectivity index (χ2n) is 5.39. The molecule has 0 amide bonds. The third-order valence-electron chi connectivity index (χ3n) is 3.65. The number of hydrogen-bond acceptors (Lipinski definition) is 4. The van der Waals surface area contributed by atoms with Crippen molar-refractivity contribution in [3.8, 4) is 0 Å². The number of hydrogen-bond donors (Lipinski definition) is 1. The van der Waals surface area contributed by atoms with Crippen molar-refractivity contribution in [1.29, 1.82) is 0 Å². The minimum atomic E-state index is -3.61. The standard InChI is InChI=1S/C15H17N3O2S/c1-11-8-12-4-2-3-5-14(12)18(10-11)21(19,20)13-6-7-15(16)17-9-13/h2-7,9,11H,8,10H2,1H3,(H2,16,17). The van der Waals surface area contributed by atoms with Crippen molar-refractivity contribution in [2.45, 2.75) is 18.2 Å². The number of aromatic nitrogens is 1. The van der Waals surface area contributed by atoms with Crippen molar-refractivity contribution >= 4 is 21.5 Å². The van der Waals surface area contributed by atoms with Crippen LogP contribution in [0.2, 0.25) is 0 Å². The van der Waals surface area contributed by atoms with Crippen molar-refractivity contribution in [2.24, 2.45) is 5.92 Å². The minimum Gasteiger partial charge on any atom is -0.384 e. The van der Waals surface area contributed by atoms with Crippen molar-refractivity contribution < 1.29 is 8.42 Å². The van der Waals surface area contributed by atoms with Gasteiger partial charge in [-0.25, -0.2) is 13.4 Å². The fourth-order valence-electron chi connectivity index (χ4n) is 2.65. The first-order valence-corrected chi connectivity index (χ1v) is 8.24. The highest BCUT2D eigenvalue weighted by Gasteiger charge is 2.31. The zero-order valence-electron chi connectivity index (χ0n) is 11.7. The van der Waals surface area contributed by atoms with Gasteiger partial charge in [0.1, 0.15) is 10.7 Å². The van der Waals surface area contributed by atoms with E-state index in [0.717, 1.165) is 17.7 Å². The van der Waals surface area contributed by atoms with Crippen LogP contribution in [-0.4, -0.2) is 19.9 Å². The quantitative estimate of drug-likeness (QED) is 0.921. The van der Waals surface area contributed by atoms with E-state index >= 15 is 0 Å². The second-order valence-corrected chi connectivity index (χ2v) is 7.26. The molecular weight excluding hydrogens is 286 g/mol. The van der Waals surface area contributed by atoms with Gasteiger partial charge < -0.3 is 5.73 Å². The molecule has 0 saturated heterocycles. The molecule has 5 nitrogen and oxygen atoms in total. The molecule has 0 radical (unpaired) electrons. The highest BCUT2D eigenvalue weighted by atomic mass is 32.2. The van der Waals surface area contributed by atoms with Crippen LogP contribution in [0.3, 0.4) is 0 Å². The lowest BCUT2D eigenvalue weighted by molar-refractivity contribution is 0.544. The van der Waals surface area contributed by atoms with E-state index in [4.69, 9.17) is 5.73 Å². The monoisotopic (exact) mass is 303 g/mol. The third-order valence-corrected chi connectivity index (χ3v) is 5.42. The summed E-state index contributed by atoms with van der Waals surface area (Å²) in [6.45, 7) is 2.53. The fourth-order valence-corrected chi connectivity index (χ4v) is 4.22. The summed E-state index contributed by atoms with van der Waals surface area (Å²) in [6.07, 6.45) is 2.20. The summed E-state index contributed by atoms with van der Waals surface area (Å²) in [5, 5.41) is 0. The Morgan fingerprint density at radius 3 is 2.71 bits per heavy atom. The van der Waals surface area contributed by atoms with E-state index in [1.54, 1.807) is 0 Å². The van der Waals surface area contributed by atoms with Gasteiger partial charge >= 0.3 is 0 Å². The van der Waals surface area contributed by atoms with Gasteiger partial charge in [0.2, 0.25) is 0 Å². The molecule has 0 spiro atoms. The average Bonchev–Trinajstić information content (AvgIpc) is 2.46. The summed E-state index contributed by atoms with van der Waals surface area (Å²) in [5.41, 5.74) is 7.34. The lowest BCUT2D eigenvalue weighted by Crippen LogP contribution is -2.39. The zero-order chi connectivity index (χ0) is 15.0. The Morgan fingerprint density at radius 1 is 1.24 bits per heavy atom. The Bertz CT molecular complexity index is 757. The number of anilines is 2. The number of rotatable bonds is 2. The van der Waals surface area contributed by atoms with Crippen LogP contribution in [0.4, 0.5) is 11.5 Å². The molecule has 3 rings (SSSR count). The molecule has 1 unspecified atom stereocenters. The highest BCUT2D eigenvalue weighted by Crippen LogP contribution is 2.33. The van der Waals surface area contributed by atoms with E-state index in [-0.39, 0.29) is 10.8 Å². The zero-order valence-corrected chi connectivity index (χ0v) is 12.5. The van der Waals surface area contributed by atoms with E-state index in [0.29, 0.717) is 12.4 Å². The van der Waals surface area contributed by atoms with Crippen LogP contribution in [0, 0.1) is 5.92 Å². The third kappa shape index (κ3) is 2.47. The molecule has 1 aromatic carbocycles. The number of para-hydroxylation sites is 1. The van der Waals surface area contributed by atoms with E-state index in [1.807, 2.05) is 24.3 Å².